The van der Waals surface area contributed by atoms with Gasteiger partial charge in [-0.15, -0.1) is 0 Å². The number of methoxy groups -OCH3 is 1. The van der Waals surface area contributed by atoms with Crippen molar-refractivity contribution in [3.63, 3.8) is 0 Å². The molecule has 1 aromatic carbocycles. The van der Waals surface area contributed by atoms with Crippen LogP contribution in [0.1, 0.15) is 35.6 Å². The lowest BCUT2D eigenvalue weighted by molar-refractivity contribution is 0.394. The number of pyridine rings is 1. The van der Waals surface area contributed by atoms with Crippen LogP contribution in [-0.2, 0) is 0 Å². The number of nitrogens with zero attached hydrogens (tertiary/aromatic N) is 1. The zero-order valence-corrected chi connectivity index (χ0v) is 12.6. The highest BCUT2D eigenvalue weighted by Gasteiger charge is 2.22. The molecule has 20 heavy (non-hydrogen) atoms. The van der Waals surface area contributed by atoms with Gasteiger partial charge in [-0.2, -0.15) is 0 Å². The molecule has 2 unspecified atom stereocenters. The van der Waals surface area contributed by atoms with E-state index in [1.54, 1.807) is 7.11 Å². The molecule has 3 nitrogen and oxygen atoms in total. The van der Waals surface area contributed by atoms with Crippen molar-refractivity contribution in [2.75, 3.05) is 14.2 Å². The number of benzene rings is 1. The average molecular weight is 270 g/mol. The molecule has 0 saturated carbocycles. The van der Waals surface area contributed by atoms with Crippen LogP contribution in [0.5, 0.6) is 5.75 Å². The first-order valence-electron chi connectivity index (χ1n) is 6.89. The van der Waals surface area contributed by atoms with E-state index >= 15 is 0 Å². The largest absolute Gasteiger partial charge is 0.496 e. The average Bonchev–Trinajstić information content (AvgIpc) is 2.49. The summed E-state index contributed by atoms with van der Waals surface area (Å²) in [4.78, 5) is 4.09. The monoisotopic (exact) mass is 270 g/mol. The van der Waals surface area contributed by atoms with Crippen molar-refractivity contribution < 1.29 is 4.74 Å². The zero-order valence-electron chi connectivity index (χ0n) is 12.6. The molecule has 1 heterocycles. The number of rotatable bonds is 5. The molecule has 0 aliphatic carbocycles. The Kier molecular flexibility index (Phi) is 4.74. The van der Waals surface area contributed by atoms with Crippen molar-refractivity contribution >= 4 is 0 Å². The minimum Gasteiger partial charge on any atom is -0.496 e. The molecular formula is C17H22N2O. The Bertz CT molecular complexity index is 554. The predicted molar refractivity (Wildman–Crippen MR) is 82.2 cm³/mol. The number of aryl methyl sites for hydroxylation is 1. The summed E-state index contributed by atoms with van der Waals surface area (Å²) in [7, 11) is 3.71. The summed E-state index contributed by atoms with van der Waals surface area (Å²) in [6.07, 6.45) is 3.68. The third-order valence-electron chi connectivity index (χ3n) is 3.76. The molecule has 2 atom stereocenters. The summed E-state index contributed by atoms with van der Waals surface area (Å²) in [5.74, 6) is 1.26. The maximum absolute atomic E-state index is 5.52. The van der Waals surface area contributed by atoms with Gasteiger partial charge in [0.1, 0.15) is 5.75 Å². The second-order valence-corrected chi connectivity index (χ2v) is 5.08. The topological polar surface area (TPSA) is 34.1 Å². The van der Waals surface area contributed by atoms with Gasteiger partial charge in [0.2, 0.25) is 0 Å². The summed E-state index contributed by atoms with van der Waals surface area (Å²) in [5, 5.41) is 3.42. The van der Waals surface area contributed by atoms with Gasteiger partial charge in [0.25, 0.3) is 0 Å². The molecule has 0 saturated heterocycles. The van der Waals surface area contributed by atoms with Crippen molar-refractivity contribution in [2.24, 2.45) is 0 Å². The van der Waals surface area contributed by atoms with Gasteiger partial charge in [0, 0.05) is 29.9 Å². The quantitative estimate of drug-likeness (QED) is 0.903. The Morgan fingerprint density at radius 3 is 2.45 bits per heavy atom. The molecule has 0 amide bonds. The zero-order chi connectivity index (χ0) is 14.5. The number of aromatic nitrogens is 1. The normalized spacial score (nSPS) is 13.8. The molecule has 1 aromatic heterocycles. The Morgan fingerprint density at radius 1 is 1.15 bits per heavy atom. The number of ether oxygens (including phenoxy) is 1. The van der Waals surface area contributed by atoms with Gasteiger partial charge in [-0.3, -0.25) is 4.98 Å². The Morgan fingerprint density at radius 2 is 1.85 bits per heavy atom. The van der Waals surface area contributed by atoms with E-state index in [4.69, 9.17) is 4.74 Å². The number of hydrogen-bond acceptors (Lipinski definition) is 3. The van der Waals surface area contributed by atoms with E-state index in [-0.39, 0.29) is 6.04 Å². The van der Waals surface area contributed by atoms with Crippen molar-refractivity contribution in [3.8, 4) is 5.75 Å². The van der Waals surface area contributed by atoms with Crippen LogP contribution in [0.4, 0.5) is 0 Å². The van der Waals surface area contributed by atoms with Crippen LogP contribution in [0, 0.1) is 6.92 Å². The fraction of sp³-hybridized carbons (Fsp3) is 0.353. The molecular weight excluding hydrogens is 248 g/mol. The van der Waals surface area contributed by atoms with Gasteiger partial charge in [-0.1, -0.05) is 24.6 Å². The first-order valence-corrected chi connectivity index (χ1v) is 6.89. The molecule has 0 bridgehead atoms. The fourth-order valence-corrected chi connectivity index (χ4v) is 2.63. The minimum atomic E-state index is 0.201. The van der Waals surface area contributed by atoms with Gasteiger partial charge in [0.15, 0.2) is 0 Å². The molecule has 0 fully saturated rings. The van der Waals surface area contributed by atoms with E-state index in [9.17, 15) is 0 Å². The second kappa shape index (κ2) is 6.53. The lowest BCUT2D eigenvalue weighted by Crippen LogP contribution is -2.23. The number of likely N-dealkylation sites (N-methyl/N-ethyl adjacent to an activating group) is 1. The first kappa shape index (κ1) is 14.5. The van der Waals surface area contributed by atoms with Crippen LogP contribution in [0.3, 0.4) is 0 Å². The van der Waals surface area contributed by atoms with Crippen LogP contribution >= 0.6 is 0 Å². The summed E-state index contributed by atoms with van der Waals surface area (Å²) < 4.78 is 5.52. The Labute approximate surface area is 121 Å². The second-order valence-electron chi connectivity index (χ2n) is 5.08. The van der Waals surface area contributed by atoms with Crippen LogP contribution in [0.2, 0.25) is 0 Å². The Hall–Kier alpha value is -1.87. The van der Waals surface area contributed by atoms with Crippen molar-refractivity contribution in [1.29, 1.82) is 0 Å². The van der Waals surface area contributed by atoms with Crippen LogP contribution < -0.4 is 10.1 Å². The van der Waals surface area contributed by atoms with Gasteiger partial charge in [-0.25, -0.2) is 0 Å². The standard InChI is InChI=1S/C17H22N2O/c1-12-5-6-16(20-4)15(11-12)17(18-3)13(2)14-7-9-19-10-8-14/h5-11,13,17-18H,1-4H3. The van der Waals surface area contributed by atoms with Crippen LogP contribution in [-0.4, -0.2) is 19.1 Å². The van der Waals surface area contributed by atoms with Crippen molar-refractivity contribution in [3.05, 3.63) is 59.4 Å². The van der Waals surface area contributed by atoms with E-state index in [2.05, 4.69) is 48.4 Å². The maximum Gasteiger partial charge on any atom is 0.123 e. The highest BCUT2D eigenvalue weighted by molar-refractivity contribution is 5.41. The molecule has 3 heteroatoms. The molecule has 2 rings (SSSR count). The molecule has 0 radical (unpaired) electrons. The van der Waals surface area contributed by atoms with E-state index < -0.39 is 0 Å². The van der Waals surface area contributed by atoms with Crippen molar-refractivity contribution in [2.45, 2.75) is 25.8 Å². The fourth-order valence-electron chi connectivity index (χ4n) is 2.63. The summed E-state index contributed by atoms with van der Waals surface area (Å²) in [6, 6.07) is 10.6. The summed E-state index contributed by atoms with van der Waals surface area (Å²) >= 11 is 0. The maximum atomic E-state index is 5.52. The van der Waals surface area contributed by atoms with Gasteiger partial charge in [-0.05, 0) is 37.7 Å². The van der Waals surface area contributed by atoms with E-state index in [0.717, 1.165) is 5.75 Å². The lowest BCUT2D eigenvalue weighted by Gasteiger charge is -2.26. The van der Waals surface area contributed by atoms with Crippen LogP contribution in [0.15, 0.2) is 42.7 Å². The molecule has 0 spiro atoms. The highest BCUT2D eigenvalue weighted by Crippen LogP contribution is 2.35. The van der Waals surface area contributed by atoms with Crippen molar-refractivity contribution in [1.82, 2.24) is 10.3 Å². The summed E-state index contributed by atoms with van der Waals surface area (Å²) in [5.41, 5.74) is 3.70. The van der Waals surface area contributed by atoms with Crippen LogP contribution in [0.25, 0.3) is 0 Å². The van der Waals surface area contributed by atoms with Gasteiger partial charge in [0.05, 0.1) is 7.11 Å². The molecule has 2 aromatic rings. The smallest absolute Gasteiger partial charge is 0.123 e. The predicted octanol–water partition coefficient (Wildman–Crippen LogP) is 3.46. The molecule has 0 aliphatic heterocycles. The van der Waals surface area contributed by atoms with Gasteiger partial charge < -0.3 is 10.1 Å². The molecule has 0 aliphatic rings. The number of hydrogen-bond donors (Lipinski definition) is 1. The van der Waals surface area contributed by atoms with E-state index in [1.807, 2.05) is 25.5 Å². The lowest BCUT2D eigenvalue weighted by atomic mass is 9.88. The first-order chi connectivity index (χ1) is 9.67. The SMILES string of the molecule is CNC(c1cc(C)ccc1OC)C(C)c1ccncc1. The highest BCUT2D eigenvalue weighted by atomic mass is 16.5. The Balaban J connectivity index is 2.40. The molecule has 1 N–H and O–H groups in total. The van der Waals surface area contributed by atoms with E-state index in [0.29, 0.717) is 5.92 Å². The third-order valence-corrected chi connectivity index (χ3v) is 3.76. The third kappa shape index (κ3) is 2.99. The van der Waals surface area contributed by atoms with Gasteiger partial charge >= 0.3 is 0 Å². The van der Waals surface area contributed by atoms with E-state index in [1.165, 1.54) is 16.7 Å². The molecule has 106 valence electrons. The number of nitrogens with one attached hydrogen (secondary N) is 1. The summed E-state index contributed by atoms with van der Waals surface area (Å²) in [6.45, 7) is 4.32. The minimum absolute atomic E-state index is 0.201.